The first-order valence-corrected chi connectivity index (χ1v) is 8.80. The zero-order valence-corrected chi connectivity index (χ0v) is 14.5. The summed E-state index contributed by atoms with van der Waals surface area (Å²) in [6.07, 6.45) is 0.375. The molecule has 3 rings (SSSR count). The molecule has 1 atom stereocenters. The molecule has 1 amide bonds. The summed E-state index contributed by atoms with van der Waals surface area (Å²) < 4.78 is 12.8. The van der Waals surface area contributed by atoms with Crippen LogP contribution in [0, 0.1) is 0 Å². The highest BCUT2D eigenvalue weighted by atomic mass is 35.5. The number of para-hydroxylation sites is 1. The number of fused-ring (bicyclic) bond motifs is 2. The van der Waals surface area contributed by atoms with Crippen LogP contribution >= 0.6 is 11.6 Å². The van der Waals surface area contributed by atoms with Crippen LogP contribution in [-0.4, -0.2) is 35.7 Å². The minimum Gasteiger partial charge on any atom is -0.309 e. The molecule has 1 heterocycles. The highest BCUT2D eigenvalue weighted by Crippen LogP contribution is 2.43. The van der Waals surface area contributed by atoms with Gasteiger partial charge in [0.25, 0.3) is 0 Å². The lowest BCUT2D eigenvalue weighted by molar-refractivity contribution is -0.118. The van der Waals surface area contributed by atoms with Crippen LogP contribution in [0.3, 0.4) is 0 Å². The zero-order valence-electron chi connectivity index (χ0n) is 13.0. The van der Waals surface area contributed by atoms with Crippen molar-refractivity contribution in [3.8, 4) is 0 Å². The predicted octanol–water partition coefficient (Wildman–Crippen LogP) is 3.44. The Morgan fingerprint density at radius 2 is 1.83 bits per heavy atom. The lowest BCUT2D eigenvalue weighted by atomic mass is 10.2. The number of carbonyl (C=O) groups excluding carboxylic acids is 1. The average Bonchev–Trinajstić information content (AvgIpc) is 2.53. The van der Waals surface area contributed by atoms with Gasteiger partial charge in [-0.1, -0.05) is 23.7 Å². The predicted molar refractivity (Wildman–Crippen MR) is 92.9 cm³/mol. The molecular formula is C17H17ClN2O2S. The molecule has 0 radical (unpaired) electrons. The van der Waals surface area contributed by atoms with E-state index in [-0.39, 0.29) is 5.91 Å². The molecule has 1 aliphatic heterocycles. The fraction of sp³-hybridized carbons (Fsp3) is 0.235. The Kier molecular flexibility index (Phi) is 4.53. The molecular weight excluding hydrogens is 332 g/mol. The molecule has 0 saturated heterocycles. The maximum absolute atomic E-state index is 12.8. The molecule has 0 aromatic heterocycles. The fourth-order valence-electron chi connectivity index (χ4n) is 2.57. The van der Waals surface area contributed by atoms with Gasteiger partial charge in [-0.15, -0.1) is 0 Å². The Morgan fingerprint density at radius 3 is 2.57 bits per heavy atom. The van der Waals surface area contributed by atoms with Crippen LogP contribution < -0.4 is 4.90 Å². The average molecular weight is 349 g/mol. The van der Waals surface area contributed by atoms with Crippen molar-refractivity contribution in [3.63, 3.8) is 0 Å². The minimum absolute atomic E-state index is 0.0358. The molecule has 0 saturated carbocycles. The summed E-state index contributed by atoms with van der Waals surface area (Å²) in [6.45, 7) is 0.649. The summed E-state index contributed by atoms with van der Waals surface area (Å²) >= 11 is 6.10. The van der Waals surface area contributed by atoms with Crippen molar-refractivity contribution in [2.24, 2.45) is 0 Å². The second kappa shape index (κ2) is 6.43. The first-order chi connectivity index (χ1) is 11.0. The van der Waals surface area contributed by atoms with Gasteiger partial charge in [0.05, 0.1) is 32.0 Å². The van der Waals surface area contributed by atoms with Crippen LogP contribution in [0.5, 0.6) is 0 Å². The largest absolute Gasteiger partial charge is 0.309 e. The third-order valence-electron chi connectivity index (χ3n) is 3.69. The number of nitrogens with zero attached hydrogens (tertiary/aromatic N) is 2. The Labute approximate surface area is 143 Å². The van der Waals surface area contributed by atoms with Crippen LogP contribution in [0.2, 0.25) is 5.02 Å². The number of halogens is 1. The smallest absolute Gasteiger partial charge is 0.232 e. The van der Waals surface area contributed by atoms with E-state index in [2.05, 4.69) is 0 Å². The zero-order chi connectivity index (χ0) is 16.6. The van der Waals surface area contributed by atoms with E-state index >= 15 is 0 Å². The Morgan fingerprint density at radius 1 is 1.13 bits per heavy atom. The summed E-state index contributed by atoms with van der Waals surface area (Å²) in [5.74, 6) is -0.0358. The van der Waals surface area contributed by atoms with E-state index in [9.17, 15) is 9.00 Å². The molecule has 23 heavy (non-hydrogen) atoms. The number of anilines is 2. The maximum Gasteiger partial charge on any atom is 0.232 e. The Hall–Kier alpha value is -1.69. The molecule has 6 heteroatoms. The van der Waals surface area contributed by atoms with Crippen molar-refractivity contribution < 1.29 is 9.00 Å². The molecule has 2 aromatic rings. The van der Waals surface area contributed by atoms with Gasteiger partial charge in [0.15, 0.2) is 0 Å². The summed E-state index contributed by atoms with van der Waals surface area (Å²) in [5.41, 5.74) is 1.28. The molecule has 4 nitrogen and oxygen atoms in total. The first-order valence-electron chi connectivity index (χ1n) is 7.27. The molecule has 0 fully saturated rings. The summed E-state index contributed by atoms with van der Waals surface area (Å²) in [5, 5.41) is 0.519. The van der Waals surface area contributed by atoms with Crippen molar-refractivity contribution in [1.82, 2.24) is 4.90 Å². The second-order valence-corrected chi connectivity index (χ2v) is 7.48. The number of carbonyl (C=O) groups is 1. The van der Waals surface area contributed by atoms with Crippen LogP contribution in [0.4, 0.5) is 11.4 Å². The topological polar surface area (TPSA) is 40.6 Å². The molecule has 0 N–H and O–H groups in total. The summed E-state index contributed by atoms with van der Waals surface area (Å²) in [4.78, 5) is 17.7. The second-order valence-electron chi connectivity index (χ2n) is 5.63. The molecule has 2 aromatic carbocycles. The van der Waals surface area contributed by atoms with Gasteiger partial charge in [-0.2, -0.15) is 0 Å². The number of hydrogen-bond acceptors (Lipinski definition) is 3. The summed E-state index contributed by atoms with van der Waals surface area (Å²) in [6, 6.07) is 12.4. The number of hydrogen-bond donors (Lipinski definition) is 0. The molecule has 0 aliphatic carbocycles. The van der Waals surface area contributed by atoms with Crippen LogP contribution in [-0.2, 0) is 15.6 Å². The number of rotatable bonds is 3. The van der Waals surface area contributed by atoms with Crippen LogP contribution in [0.25, 0.3) is 0 Å². The van der Waals surface area contributed by atoms with Gasteiger partial charge in [0.1, 0.15) is 0 Å². The Balaban J connectivity index is 2.11. The highest BCUT2D eigenvalue weighted by Gasteiger charge is 2.31. The van der Waals surface area contributed by atoms with E-state index in [4.69, 9.17) is 11.6 Å². The third-order valence-corrected chi connectivity index (χ3v) is 5.41. The van der Waals surface area contributed by atoms with Crippen molar-refractivity contribution >= 4 is 39.7 Å². The van der Waals surface area contributed by atoms with Gasteiger partial charge in [-0.25, -0.2) is 4.21 Å². The molecule has 0 bridgehead atoms. The maximum atomic E-state index is 12.8. The standard InChI is InChI=1S/C17H17ClN2O2S/c1-19(2)10-9-17(21)20-13-5-3-4-6-15(13)23(22)16-8-7-12(18)11-14(16)20/h3-8,11H,9-10H2,1-2H3. The van der Waals surface area contributed by atoms with E-state index in [1.54, 1.807) is 29.2 Å². The van der Waals surface area contributed by atoms with E-state index in [0.717, 1.165) is 0 Å². The lowest BCUT2D eigenvalue weighted by Crippen LogP contribution is -2.32. The molecule has 1 unspecified atom stereocenters. The van der Waals surface area contributed by atoms with E-state index in [1.165, 1.54) is 0 Å². The fourth-order valence-corrected chi connectivity index (χ4v) is 4.06. The SMILES string of the molecule is CN(C)CCC(=O)N1c2ccccc2S(=O)c2ccc(Cl)cc21. The van der Waals surface area contributed by atoms with Crippen molar-refractivity contribution in [3.05, 3.63) is 47.5 Å². The minimum atomic E-state index is -1.31. The van der Waals surface area contributed by atoms with Gasteiger partial charge in [0, 0.05) is 18.0 Å². The molecule has 1 aliphatic rings. The highest BCUT2D eigenvalue weighted by molar-refractivity contribution is 7.85. The van der Waals surface area contributed by atoms with Gasteiger partial charge in [-0.3, -0.25) is 9.69 Å². The van der Waals surface area contributed by atoms with Gasteiger partial charge in [0.2, 0.25) is 5.91 Å². The third kappa shape index (κ3) is 3.04. The number of amides is 1. The van der Waals surface area contributed by atoms with E-state index in [0.29, 0.717) is 39.2 Å². The quantitative estimate of drug-likeness (QED) is 0.853. The van der Waals surface area contributed by atoms with Crippen molar-refractivity contribution in [2.45, 2.75) is 16.2 Å². The normalized spacial score (nSPS) is 16.2. The van der Waals surface area contributed by atoms with E-state index < -0.39 is 10.8 Å². The van der Waals surface area contributed by atoms with Crippen molar-refractivity contribution in [1.29, 1.82) is 0 Å². The van der Waals surface area contributed by atoms with Gasteiger partial charge < -0.3 is 4.90 Å². The van der Waals surface area contributed by atoms with Crippen molar-refractivity contribution in [2.75, 3.05) is 25.5 Å². The first kappa shape index (κ1) is 16.2. The molecule has 0 spiro atoms. The van der Waals surface area contributed by atoms with E-state index in [1.807, 2.05) is 37.2 Å². The lowest BCUT2D eigenvalue weighted by Gasteiger charge is -2.31. The van der Waals surface area contributed by atoms with Gasteiger partial charge in [-0.05, 0) is 44.4 Å². The number of benzene rings is 2. The molecule has 120 valence electrons. The Bertz CT molecular complexity index is 792. The summed E-state index contributed by atoms with van der Waals surface area (Å²) in [7, 11) is 2.54. The van der Waals surface area contributed by atoms with Crippen LogP contribution in [0.15, 0.2) is 52.3 Å². The van der Waals surface area contributed by atoms with Gasteiger partial charge >= 0.3 is 0 Å². The van der Waals surface area contributed by atoms with Crippen LogP contribution in [0.1, 0.15) is 6.42 Å². The monoisotopic (exact) mass is 348 g/mol.